The molecule has 0 N–H and O–H groups in total. The Kier molecular flexibility index (Phi) is 5.67. The van der Waals surface area contributed by atoms with Crippen LogP contribution in [0, 0.1) is 5.92 Å². The molecule has 0 saturated carbocycles. The summed E-state index contributed by atoms with van der Waals surface area (Å²) in [6, 6.07) is 1.58. The number of hydrogen-bond donors (Lipinski definition) is 0. The Morgan fingerprint density at radius 2 is 1.42 bits per heavy atom. The molecule has 2 saturated heterocycles. The maximum Gasteiger partial charge on any atom is 0.0121 e. The van der Waals surface area contributed by atoms with Crippen LogP contribution in [0.3, 0.4) is 0 Å². The average Bonchev–Trinajstić information content (AvgIpc) is 2.39. The first-order chi connectivity index (χ1) is 9.06. The van der Waals surface area contributed by atoms with Gasteiger partial charge in [-0.15, -0.1) is 0 Å². The lowest BCUT2D eigenvalue weighted by molar-refractivity contribution is 0.0465. The van der Waals surface area contributed by atoms with Crippen molar-refractivity contribution in [2.75, 3.05) is 45.8 Å². The molecule has 0 aromatic heterocycles. The van der Waals surface area contributed by atoms with Gasteiger partial charge in [-0.05, 0) is 45.7 Å². The van der Waals surface area contributed by atoms with Crippen molar-refractivity contribution in [2.45, 2.75) is 52.6 Å². The summed E-state index contributed by atoms with van der Waals surface area (Å²) in [5, 5.41) is 0. The third-order valence-electron chi connectivity index (χ3n) is 4.78. The molecule has 2 rings (SSSR count). The zero-order valence-corrected chi connectivity index (χ0v) is 13.4. The van der Waals surface area contributed by atoms with Gasteiger partial charge in [-0.2, -0.15) is 0 Å². The topological polar surface area (TPSA) is 9.72 Å². The van der Waals surface area contributed by atoms with Gasteiger partial charge in [-0.3, -0.25) is 9.80 Å². The minimum Gasteiger partial charge on any atom is -0.303 e. The molecule has 3 heteroatoms. The van der Waals surface area contributed by atoms with E-state index in [0.29, 0.717) is 0 Å². The van der Waals surface area contributed by atoms with Crippen molar-refractivity contribution in [1.29, 1.82) is 0 Å². The van der Waals surface area contributed by atoms with Crippen molar-refractivity contribution in [3.05, 3.63) is 0 Å². The van der Waals surface area contributed by atoms with Crippen molar-refractivity contribution in [3.8, 4) is 0 Å². The first-order valence-electron chi connectivity index (χ1n) is 8.26. The number of nitrogens with zero attached hydrogens (tertiary/aromatic N) is 3. The van der Waals surface area contributed by atoms with Gasteiger partial charge in [0.15, 0.2) is 0 Å². The van der Waals surface area contributed by atoms with Crippen molar-refractivity contribution in [3.63, 3.8) is 0 Å². The van der Waals surface area contributed by atoms with E-state index in [1.165, 1.54) is 58.7 Å². The molecule has 0 aromatic rings. The molecule has 2 aliphatic rings. The highest BCUT2D eigenvalue weighted by Crippen LogP contribution is 2.19. The quantitative estimate of drug-likeness (QED) is 0.772. The van der Waals surface area contributed by atoms with Crippen molar-refractivity contribution in [2.24, 2.45) is 5.92 Å². The summed E-state index contributed by atoms with van der Waals surface area (Å²) < 4.78 is 0. The zero-order valence-electron chi connectivity index (χ0n) is 13.4. The van der Waals surface area contributed by atoms with Crippen LogP contribution in [0.4, 0.5) is 0 Å². The highest BCUT2D eigenvalue weighted by molar-refractivity contribution is 4.84. The lowest BCUT2D eigenvalue weighted by Gasteiger charge is -2.44. The molecule has 112 valence electrons. The summed E-state index contributed by atoms with van der Waals surface area (Å²) in [6.45, 7) is 18.3. The number of piperidine rings is 1. The number of hydrogen-bond acceptors (Lipinski definition) is 3. The zero-order chi connectivity index (χ0) is 13.8. The SMILES string of the molecule is CC(C)CN1CCC(N2CCN(C(C)C)CC2)CC1. The van der Waals surface area contributed by atoms with Crippen LogP contribution < -0.4 is 0 Å². The summed E-state index contributed by atoms with van der Waals surface area (Å²) >= 11 is 0. The van der Waals surface area contributed by atoms with Gasteiger partial charge in [-0.1, -0.05) is 13.8 Å². The third-order valence-corrected chi connectivity index (χ3v) is 4.78. The van der Waals surface area contributed by atoms with E-state index >= 15 is 0 Å². The molecule has 0 radical (unpaired) electrons. The summed E-state index contributed by atoms with van der Waals surface area (Å²) in [5.41, 5.74) is 0. The van der Waals surface area contributed by atoms with E-state index in [0.717, 1.165) is 18.0 Å². The first-order valence-corrected chi connectivity index (χ1v) is 8.26. The molecule has 0 atom stereocenters. The van der Waals surface area contributed by atoms with Crippen LogP contribution in [0.2, 0.25) is 0 Å². The summed E-state index contributed by atoms with van der Waals surface area (Å²) in [7, 11) is 0. The standard InChI is InChI=1S/C16H33N3/c1-14(2)13-17-7-5-16(6-8-17)19-11-9-18(10-12-19)15(3)4/h14-16H,5-13H2,1-4H3. The second-order valence-corrected chi connectivity index (χ2v) is 7.09. The minimum absolute atomic E-state index is 0.718. The fourth-order valence-corrected chi connectivity index (χ4v) is 3.60. The first kappa shape index (κ1) is 15.3. The second-order valence-electron chi connectivity index (χ2n) is 7.09. The van der Waals surface area contributed by atoms with Crippen molar-refractivity contribution < 1.29 is 0 Å². The minimum atomic E-state index is 0.718. The van der Waals surface area contributed by atoms with Crippen molar-refractivity contribution >= 4 is 0 Å². The average molecular weight is 267 g/mol. The molecule has 2 aliphatic heterocycles. The van der Waals surface area contributed by atoms with Gasteiger partial charge in [-0.25, -0.2) is 0 Å². The smallest absolute Gasteiger partial charge is 0.0121 e. The monoisotopic (exact) mass is 267 g/mol. The molecule has 0 aliphatic carbocycles. The van der Waals surface area contributed by atoms with Crippen LogP contribution in [0.15, 0.2) is 0 Å². The summed E-state index contributed by atoms with van der Waals surface area (Å²) in [5.74, 6) is 0.811. The van der Waals surface area contributed by atoms with Crippen LogP contribution in [0.25, 0.3) is 0 Å². The Labute approximate surface area is 119 Å². The van der Waals surface area contributed by atoms with Crippen LogP contribution >= 0.6 is 0 Å². The van der Waals surface area contributed by atoms with E-state index in [-0.39, 0.29) is 0 Å². The molecule has 0 amide bonds. The van der Waals surface area contributed by atoms with Gasteiger partial charge in [0, 0.05) is 44.8 Å². The van der Waals surface area contributed by atoms with Gasteiger partial charge in [0.2, 0.25) is 0 Å². The number of piperazine rings is 1. The van der Waals surface area contributed by atoms with E-state index in [1.54, 1.807) is 0 Å². The molecule has 2 fully saturated rings. The Morgan fingerprint density at radius 1 is 0.842 bits per heavy atom. The van der Waals surface area contributed by atoms with Crippen LogP contribution in [-0.2, 0) is 0 Å². The molecule has 0 spiro atoms. The molecule has 0 bridgehead atoms. The van der Waals surface area contributed by atoms with E-state index < -0.39 is 0 Å². The molecule has 19 heavy (non-hydrogen) atoms. The van der Waals surface area contributed by atoms with E-state index in [9.17, 15) is 0 Å². The summed E-state index contributed by atoms with van der Waals surface area (Å²) in [4.78, 5) is 8.03. The normalized spacial score (nSPS) is 25.6. The van der Waals surface area contributed by atoms with Gasteiger partial charge < -0.3 is 4.90 Å². The number of rotatable bonds is 4. The Morgan fingerprint density at radius 3 is 1.89 bits per heavy atom. The Bertz CT molecular complexity index is 249. The lowest BCUT2D eigenvalue weighted by Crippen LogP contribution is -2.54. The molecule has 0 unspecified atom stereocenters. The predicted octanol–water partition coefficient (Wildman–Crippen LogP) is 2.13. The van der Waals surface area contributed by atoms with Crippen LogP contribution in [0.5, 0.6) is 0 Å². The Balaban J connectivity index is 1.71. The Hall–Kier alpha value is -0.120. The predicted molar refractivity (Wildman–Crippen MR) is 82.6 cm³/mol. The number of likely N-dealkylation sites (tertiary alicyclic amines) is 1. The second kappa shape index (κ2) is 7.05. The fourth-order valence-electron chi connectivity index (χ4n) is 3.60. The highest BCUT2D eigenvalue weighted by Gasteiger charge is 2.27. The van der Waals surface area contributed by atoms with Crippen LogP contribution in [0.1, 0.15) is 40.5 Å². The molecular weight excluding hydrogens is 234 g/mol. The van der Waals surface area contributed by atoms with Gasteiger partial charge in [0.25, 0.3) is 0 Å². The van der Waals surface area contributed by atoms with Gasteiger partial charge >= 0.3 is 0 Å². The largest absolute Gasteiger partial charge is 0.303 e. The molecule has 2 heterocycles. The molecule has 0 aromatic carbocycles. The van der Waals surface area contributed by atoms with Gasteiger partial charge in [0.05, 0.1) is 0 Å². The van der Waals surface area contributed by atoms with Crippen molar-refractivity contribution in [1.82, 2.24) is 14.7 Å². The lowest BCUT2D eigenvalue weighted by atomic mass is 10.0. The van der Waals surface area contributed by atoms with E-state index in [1.807, 2.05) is 0 Å². The van der Waals surface area contributed by atoms with E-state index in [4.69, 9.17) is 0 Å². The highest BCUT2D eigenvalue weighted by atomic mass is 15.3. The fraction of sp³-hybridized carbons (Fsp3) is 1.00. The maximum absolute atomic E-state index is 2.76. The van der Waals surface area contributed by atoms with Gasteiger partial charge in [0.1, 0.15) is 0 Å². The van der Waals surface area contributed by atoms with Crippen LogP contribution in [-0.4, -0.2) is 72.6 Å². The molecular formula is C16H33N3. The maximum atomic E-state index is 2.76. The van der Waals surface area contributed by atoms with E-state index in [2.05, 4.69) is 42.4 Å². The summed E-state index contributed by atoms with van der Waals surface area (Å²) in [6.07, 6.45) is 2.77. The molecule has 3 nitrogen and oxygen atoms in total. The third kappa shape index (κ3) is 4.44.